The Balaban J connectivity index is 1.69. The van der Waals surface area contributed by atoms with Gasteiger partial charge in [0.15, 0.2) is 0 Å². The third kappa shape index (κ3) is 4.69. The molecule has 1 atom stereocenters. The number of nitrogens with zero attached hydrogens (tertiary/aromatic N) is 3. The molecule has 3 rings (SSSR count). The van der Waals surface area contributed by atoms with Crippen LogP contribution in [0.5, 0.6) is 5.75 Å². The topological polar surface area (TPSA) is 86.0 Å². The molecule has 0 aliphatic carbocycles. The predicted molar refractivity (Wildman–Crippen MR) is 104 cm³/mol. The van der Waals surface area contributed by atoms with Gasteiger partial charge in [0.2, 0.25) is 11.9 Å². The molecule has 6 heteroatoms. The van der Waals surface area contributed by atoms with Crippen molar-refractivity contribution < 1.29 is 4.74 Å². The average Bonchev–Trinajstić information content (AvgIpc) is 2.66. The van der Waals surface area contributed by atoms with Crippen molar-refractivity contribution in [3.8, 4) is 5.75 Å². The fraction of sp³-hybridized carbons (Fsp3) is 0.250. The number of benzene rings is 2. The Hall–Kier alpha value is -3.15. The zero-order valence-corrected chi connectivity index (χ0v) is 15.0. The molecule has 0 bridgehead atoms. The first-order chi connectivity index (χ1) is 12.6. The molecule has 0 saturated carbocycles. The average molecular weight is 349 g/mol. The van der Waals surface area contributed by atoms with Crippen molar-refractivity contribution in [1.82, 2.24) is 15.0 Å². The second kappa shape index (κ2) is 8.29. The zero-order valence-electron chi connectivity index (χ0n) is 15.0. The van der Waals surface area contributed by atoms with Crippen LogP contribution in [0.25, 0.3) is 0 Å². The summed E-state index contributed by atoms with van der Waals surface area (Å²) in [6, 6.07) is 18.0. The van der Waals surface area contributed by atoms with Crippen molar-refractivity contribution >= 4 is 17.6 Å². The Morgan fingerprint density at radius 2 is 1.85 bits per heavy atom. The summed E-state index contributed by atoms with van der Waals surface area (Å²) in [5.74, 6) is 2.52. The molecule has 0 spiro atoms. The maximum absolute atomic E-state index is 5.86. The molecule has 6 nitrogen and oxygen atoms in total. The summed E-state index contributed by atoms with van der Waals surface area (Å²) in [6.07, 6.45) is 1.67. The molecule has 1 heterocycles. The van der Waals surface area contributed by atoms with Crippen LogP contribution in [-0.2, 0) is 6.42 Å². The van der Waals surface area contributed by atoms with Gasteiger partial charge in [-0.2, -0.15) is 15.0 Å². The molecule has 1 unspecified atom stereocenters. The van der Waals surface area contributed by atoms with E-state index in [-0.39, 0.29) is 5.95 Å². The van der Waals surface area contributed by atoms with E-state index in [1.54, 1.807) is 7.11 Å². The third-order valence-corrected chi connectivity index (χ3v) is 4.19. The van der Waals surface area contributed by atoms with E-state index in [1.165, 1.54) is 5.56 Å². The number of nitrogen functional groups attached to an aromatic ring is 1. The highest BCUT2D eigenvalue weighted by atomic mass is 16.5. The molecular formula is C20H23N5O. The smallest absolute Gasteiger partial charge is 0.232 e. The Bertz CT molecular complexity index is 854. The number of rotatable bonds is 7. The number of anilines is 3. The number of aromatic nitrogens is 3. The SMILES string of the molecule is COc1cccc(Nc2nc(N)nc(CCC(C)c3ccccc3)n2)c1. The van der Waals surface area contributed by atoms with E-state index in [9.17, 15) is 0 Å². The van der Waals surface area contributed by atoms with Gasteiger partial charge in [-0.15, -0.1) is 0 Å². The van der Waals surface area contributed by atoms with Crippen molar-refractivity contribution in [2.24, 2.45) is 0 Å². The molecular weight excluding hydrogens is 326 g/mol. The van der Waals surface area contributed by atoms with Crippen molar-refractivity contribution in [2.45, 2.75) is 25.7 Å². The van der Waals surface area contributed by atoms with E-state index >= 15 is 0 Å². The van der Waals surface area contributed by atoms with E-state index < -0.39 is 0 Å². The maximum Gasteiger partial charge on any atom is 0.232 e. The molecule has 0 fully saturated rings. The zero-order chi connectivity index (χ0) is 18.4. The number of methoxy groups -OCH3 is 1. The van der Waals surface area contributed by atoms with Gasteiger partial charge < -0.3 is 15.8 Å². The van der Waals surface area contributed by atoms with Gasteiger partial charge in [0.05, 0.1) is 7.11 Å². The first-order valence-corrected chi connectivity index (χ1v) is 8.60. The Kier molecular flexibility index (Phi) is 5.63. The van der Waals surface area contributed by atoms with E-state index in [0.29, 0.717) is 17.7 Å². The maximum atomic E-state index is 5.86. The molecule has 3 N–H and O–H groups in total. The Labute approximate surface area is 153 Å². The highest BCUT2D eigenvalue weighted by molar-refractivity contribution is 5.56. The summed E-state index contributed by atoms with van der Waals surface area (Å²) in [4.78, 5) is 12.9. The van der Waals surface area contributed by atoms with E-state index in [2.05, 4.69) is 51.5 Å². The standard InChI is InChI=1S/C20H23N5O/c1-14(15-7-4-3-5-8-15)11-12-18-23-19(21)25-20(24-18)22-16-9-6-10-17(13-16)26-2/h3-10,13-14H,11-12H2,1-2H3,(H3,21,22,23,24,25). The summed E-state index contributed by atoms with van der Waals surface area (Å²) < 4.78 is 5.23. The van der Waals surface area contributed by atoms with Gasteiger partial charge in [0.25, 0.3) is 0 Å². The number of aryl methyl sites for hydroxylation is 1. The van der Waals surface area contributed by atoms with Crippen LogP contribution in [0.1, 0.15) is 30.7 Å². The lowest BCUT2D eigenvalue weighted by atomic mass is 9.96. The fourth-order valence-corrected chi connectivity index (χ4v) is 2.73. The number of nitrogens with two attached hydrogens (primary N) is 1. The molecule has 0 amide bonds. The van der Waals surface area contributed by atoms with Gasteiger partial charge in [-0.1, -0.05) is 43.3 Å². The summed E-state index contributed by atoms with van der Waals surface area (Å²) in [5, 5.41) is 3.16. The molecule has 1 aromatic heterocycles. The minimum Gasteiger partial charge on any atom is -0.497 e. The highest BCUT2D eigenvalue weighted by Gasteiger charge is 2.09. The van der Waals surface area contributed by atoms with Crippen molar-refractivity contribution in [1.29, 1.82) is 0 Å². The highest BCUT2D eigenvalue weighted by Crippen LogP contribution is 2.22. The van der Waals surface area contributed by atoms with Crippen LogP contribution in [0, 0.1) is 0 Å². The molecule has 134 valence electrons. The van der Waals surface area contributed by atoms with Gasteiger partial charge in [-0.3, -0.25) is 0 Å². The minimum absolute atomic E-state index is 0.216. The van der Waals surface area contributed by atoms with Gasteiger partial charge in [-0.05, 0) is 30.0 Å². The second-order valence-corrected chi connectivity index (χ2v) is 6.14. The van der Waals surface area contributed by atoms with Crippen LogP contribution < -0.4 is 15.8 Å². The summed E-state index contributed by atoms with van der Waals surface area (Å²) in [6.45, 7) is 2.20. The molecule has 0 aliphatic rings. The van der Waals surface area contributed by atoms with Crippen LogP contribution in [-0.4, -0.2) is 22.1 Å². The third-order valence-electron chi connectivity index (χ3n) is 4.19. The molecule has 0 saturated heterocycles. The van der Waals surface area contributed by atoms with E-state index in [0.717, 1.165) is 24.3 Å². The lowest BCUT2D eigenvalue weighted by Gasteiger charge is -2.12. The quantitative estimate of drug-likeness (QED) is 0.672. The number of ether oxygens (including phenoxy) is 1. The summed E-state index contributed by atoms with van der Waals surface area (Å²) in [5.41, 5.74) is 8.00. The largest absolute Gasteiger partial charge is 0.497 e. The van der Waals surface area contributed by atoms with Crippen LogP contribution in [0.3, 0.4) is 0 Å². The van der Waals surface area contributed by atoms with Gasteiger partial charge in [0, 0.05) is 18.2 Å². The Morgan fingerprint density at radius 3 is 2.62 bits per heavy atom. The van der Waals surface area contributed by atoms with E-state index in [4.69, 9.17) is 10.5 Å². The Morgan fingerprint density at radius 1 is 1.04 bits per heavy atom. The molecule has 0 aliphatic heterocycles. The van der Waals surface area contributed by atoms with Crippen molar-refractivity contribution in [2.75, 3.05) is 18.2 Å². The number of nitrogens with one attached hydrogen (secondary N) is 1. The van der Waals surface area contributed by atoms with Gasteiger partial charge in [-0.25, -0.2) is 0 Å². The summed E-state index contributed by atoms with van der Waals surface area (Å²) >= 11 is 0. The lowest BCUT2D eigenvalue weighted by molar-refractivity contribution is 0.415. The van der Waals surface area contributed by atoms with Gasteiger partial charge >= 0.3 is 0 Å². The lowest BCUT2D eigenvalue weighted by Crippen LogP contribution is -2.08. The second-order valence-electron chi connectivity index (χ2n) is 6.14. The van der Waals surface area contributed by atoms with Crippen molar-refractivity contribution in [3.05, 3.63) is 66.0 Å². The fourth-order valence-electron chi connectivity index (χ4n) is 2.73. The first kappa shape index (κ1) is 17.7. The molecule has 26 heavy (non-hydrogen) atoms. The van der Waals surface area contributed by atoms with Crippen LogP contribution in [0.15, 0.2) is 54.6 Å². The normalized spacial score (nSPS) is 11.8. The predicted octanol–water partition coefficient (Wildman–Crippen LogP) is 3.94. The molecule has 3 aromatic rings. The van der Waals surface area contributed by atoms with Gasteiger partial charge in [0.1, 0.15) is 11.6 Å². The van der Waals surface area contributed by atoms with Crippen LogP contribution >= 0.6 is 0 Å². The number of hydrogen-bond acceptors (Lipinski definition) is 6. The monoisotopic (exact) mass is 349 g/mol. The number of hydrogen-bond donors (Lipinski definition) is 2. The van der Waals surface area contributed by atoms with Crippen molar-refractivity contribution in [3.63, 3.8) is 0 Å². The molecule has 0 radical (unpaired) electrons. The van der Waals surface area contributed by atoms with Crippen LogP contribution in [0.2, 0.25) is 0 Å². The van der Waals surface area contributed by atoms with Crippen LogP contribution in [0.4, 0.5) is 17.6 Å². The summed E-state index contributed by atoms with van der Waals surface area (Å²) in [7, 11) is 1.63. The first-order valence-electron chi connectivity index (χ1n) is 8.60. The van der Waals surface area contributed by atoms with E-state index in [1.807, 2.05) is 30.3 Å². The minimum atomic E-state index is 0.216. The molecule has 2 aromatic carbocycles.